The minimum atomic E-state index is -0.799. The van der Waals surface area contributed by atoms with Crippen LogP contribution in [-0.2, 0) is 4.79 Å². The van der Waals surface area contributed by atoms with Crippen molar-refractivity contribution in [3.8, 4) is 6.07 Å². The maximum atomic E-state index is 11.1. The van der Waals surface area contributed by atoms with Gasteiger partial charge in [0.1, 0.15) is 5.92 Å². The summed E-state index contributed by atoms with van der Waals surface area (Å²) in [7, 11) is 0. The molecule has 16 heavy (non-hydrogen) atoms. The predicted molar refractivity (Wildman–Crippen MR) is 59.3 cm³/mol. The summed E-state index contributed by atoms with van der Waals surface area (Å²) in [5, 5.41) is 17.7. The van der Waals surface area contributed by atoms with Gasteiger partial charge in [0.05, 0.1) is 12.5 Å². The molecule has 1 heterocycles. The fraction of sp³-hybridized carbons (Fsp3) is 0.333. The number of nitriles is 1. The number of aliphatic carboxylic acids is 1. The number of hydrogen-bond acceptors (Lipinski definition) is 3. The van der Waals surface area contributed by atoms with Crippen molar-refractivity contribution in [1.29, 1.82) is 5.26 Å². The van der Waals surface area contributed by atoms with Crippen LogP contribution in [0.15, 0.2) is 24.3 Å². The summed E-state index contributed by atoms with van der Waals surface area (Å²) in [5.74, 6) is -1.26. The van der Waals surface area contributed by atoms with Crippen molar-refractivity contribution < 1.29 is 9.90 Å². The van der Waals surface area contributed by atoms with Crippen molar-refractivity contribution in [2.45, 2.75) is 12.3 Å². The second-order valence-electron chi connectivity index (χ2n) is 3.80. The largest absolute Gasteiger partial charge is 0.481 e. The van der Waals surface area contributed by atoms with Gasteiger partial charge in [-0.25, -0.2) is 0 Å². The molecule has 0 saturated heterocycles. The Morgan fingerprint density at radius 1 is 1.56 bits per heavy atom. The lowest BCUT2D eigenvalue weighted by molar-refractivity contribution is -0.138. The van der Waals surface area contributed by atoms with E-state index in [-0.39, 0.29) is 0 Å². The quantitative estimate of drug-likeness (QED) is 0.833. The van der Waals surface area contributed by atoms with E-state index in [9.17, 15) is 4.79 Å². The number of para-hydroxylation sites is 1. The second-order valence-corrected chi connectivity index (χ2v) is 3.80. The molecule has 1 aromatic rings. The molecule has 1 aromatic carbocycles. The highest BCUT2D eigenvalue weighted by Gasteiger charge is 2.32. The van der Waals surface area contributed by atoms with Gasteiger partial charge in [-0.1, -0.05) is 18.2 Å². The number of hydrogen-bond donors (Lipinski definition) is 1. The molecule has 1 unspecified atom stereocenters. The number of rotatable bonds is 3. The maximum Gasteiger partial charge on any atom is 0.312 e. The molecule has 1 N–H and O–H groups in total. The second kappa shape index (κ2) is 4.23. The summed E-state index contributed by atoms with van der Waals surface area (Å²) in [6, 6.07) is 9.58. The van der Waals surface area contributed by atoms with E-state index in [1.807, 2.05) is 29.2 Å². The van der Waals surface area contributed by atoms with E-state index in [1.54, 1.807) is 0 Å². The molecule has 0 bridgehead atoms. The Morgan fingerprint density at radius 3 is 3.00 bits per heavy atom. The Balaban J connectivity index is 2.29. The van der Waals surface area contributed by atoms with Gasteiger partial charge >= 0.3 is 5.97 Å². The van der Waals surface area contributed by atoms with Crippen LogP contribution in [0.4, 0.5) is 5.69 Å². The normalized spacial score (nSPS) is 17.9. The summed E-state index contributed by atoms with van der Waals surface area (Å²) in [5.41, 5.74) is 1.80. The average Bonchev–Trinajstić information content (AvgIpc) is 2.65. The minimum absolute atomic E-state index is 0.417. The van der Waals surface area contributed by atoms with E-state index >= 15 is 0 Å². The highest BCUT2D eigenvalue weighted by atomic mass is 16.4. The van der Waals surface area contributed by atoms with Crippen LogP contribution in [0.5, 0.6) is 0 Å². The molecule has 2 rings (SSSR count). The number of nitrogens with zero attached hydrogens (tertiary/aromatic N) is 2. The summed E-state index contributed by atoms with van der Waals surface area (Å²) in [6.45, 7) is 1.06. The van der Waals surface area contributed by atoms with Crippen LogP contribution in [0.1, 0.15) is 17.9 Å². The first-order valence-electron chi connectivity index (χ1n) is 5.17. The standard InChI is InChI=1S/C12H12N2O2/c13-6-3-7-14-8-10(12(15)16)9-4-1-2-5-11(9)14/h1-2,4-5,10H,3,7-8H2,(H,15,16). The van der Waals surface area contributed by atoms with Crippen LogP contribution >= 0.6 is 0 Å². The first kappa shape index (κ1) is 10.5. The summed E-state index contributed by atoms with van der Waals surface area (Å²) >= 11 is 0. The third kappa shape index (κ3) is 1.72. The monoisotopic (exact) mass is 216 g/mol. The Bertz CT molecular complexity index is 451. The van der Waals surface area contributed by atoms with Gasteiger partial charge in [0.2, 0.25) is 0 Å². The highest BCUT2D eigenvalue weighted by Crippen LogP contribution is 2.35. The molecule has 0 fully saturated rings. The van der Waals surface area contributed by atoms with Gasteiger partial charge < -0.3 is 10.0 Å². The summed E-state index contributed by atoms with van der Waals surface area (Å²) < 4.78 is 0. The molecule has 1 atom stereocenters. The predicted octanol–water partition coefficient (Wildman–Crippen LogP) is 1.59. The fourth-order valence-corrected chi connectivity index (χ4v) is 2.10. The van der Waals surface area contributed by atoms with E-state index in [0.29, 0.717) is 19.5 Å². The van der Waals surface area contributed by atoms with Crippen molar-refractivity contribution in [2.24, 2.45) is 0 Å². The van der Waals surface area contributed by atoms with Gasteiger partial charge in [-0.05, 0) is 11.6 Å². The molecule has 0 amide bonds. The van der Waals surface area contributed by atoms with Gasteiger partial charge in [-0.2, -0.15) is 5.26 Å². The Kier molecular flexibility index (Phi) is 2.78. The molecule has 0 aromatic heterocycles. The van der Waals surface area contributed by atoms with Gasteiger partial charge in [0.25, 0.3) is 0 Å². The first-order chi connectivity index (χ1) is 7.74. The molecule has 0 saturated carbocycles. The molecule has 82 valence electrons. The number of carboxylic acid groups (broad SMARTS) is 1. The number of benzene rings is 1. The van der Waals surface area contributed by atoms with Gasteiger partial charge in [0.15, 0.2) is 0 Å². The summed E-state index contributed by atoms with van der Waals surface area (Å²) in [6.07, 6.45) is 0.417. The molecule has 4 heteroatoms. The molecular formula is C12H12N2O2. The van der Waals surface area contributed by atoms with Crippen LogP contribution in [0, 0.1) is 11.3 Å². The van der Waals surface area contributed by atoms with Gasteiger partial charge in [-0.15, -0.1) is 0 Å². The van der Waals surface area contributed by atoms with E-state index in [1.165, 1.54) is 0 Å². The highest BCUT2D eigenvalue weighted by molar-refractivity contribution is 5.82. The third-order valence-electron chi connectivity index (χ3n) is 2.85. The molecule has 1 aliphatic rings. The topological polar surface area (TPSA) is 64.3 Å². The van der Waals surface area contributed by atoms with Crippen LogP contribution < -0.4 is 4.90 Å². The van der Waals surface area contributed by atoms with Crippen LogP contribution in [-0.4, -0.2) is 24.2 Å². The zero-order valence-corrected chi connectivity index (χ0v) is 8.76. The van der Waals surface area contributed by atoms with E-state index in [0.717, 1.165) is 11.3 Å². The average molecular weight is 216 g/mol. The number of anilines is 1. The number of carboxylic acids is 1. The molecule has 0 spiro atoms. The maximum absolute atomic E-state index is 11.1. The van der Waals surface area contributed by atoms with Crippen molar-refractivity contribution in [3.05, 3.63) is 29.8 Å². The van der Waals surface area contributed by atoms with Gasteiger partial charge in [-0.3, -0.25) is 4.79 Å². The molecule has 4 nitrogen and oxygen atoms in total. The van der Waals surface area contributed by atoms with Crippen molar-refractivity contribution >= 4 is 11.7 Å². The minimum Gasteiger partial charge on any atom is -0.481 e. The lowest BCUT2D eigenvalue weighted by atomic mass is 10.0. The lowest BCUT2D eigenvalue weighted by Gasteiger charge is -2.17. The van der Waals surface area contributed by atoms with E-state index < -0.39 is 11.9 Å². The van der Waals surface area contributed by atoms with Crippen LogP contribution in [0.3, 0.4) is 0 Å². The van der Waals surface area contributed by atoms with Crippen molar-refractivity contribution in [2.75, 3.05) is 18.0 Å². The van der Waals surface area contributed by atoms with Crippen molar-refractivity contribution in [3.63, 3.8) is 0 Å². The van der Waals surface area contributed by atoms with Crippen LogP contribution in [0.2, 0.25) is 0 Å². The molecule has 0 radical (unpaired) electrons. The Hall–Kier alpha value is -2.02. The van der Waals surface area contributed by atoms with Gasteiger partial charge in [0, 0.05) is 18.8 Å². The number of carbonyl (C=O) groups is 1. The van der Waals surface area contributed by atoms with Crippen LogP contribution in [0.25, 0.3) is 0 Å². The SMILES string of the molecule is N#CCCN1CC(C(=O)O)c2ccccc21. The Morgan fingerprint density at radius 2 is 2.31 bits per heavy atom. The third-order valence-corrected chi connectivity index (χ3v) is 2.85. The zero-order chi connectivity index (χ0) is 11.5. The molecule has 1 aliphatic heterocycles. The zero-order valence-electron chi connectivity index (χ0n) is 8.76. The number of fused-ring (bicyclic) bond motifs is 1. The first-order valence-corrected chi connectivity index (χ1v) is 5.17. The lowest BCUT2D eigenvalue weighted by Crippen LogP contribution is -2.25. The smallest absolute Gasteiger partial charge is 0.312 e. The molecular weight excluding hydrogens is 204 g/mol. The Labute approximate surface area is 93.7 Å². The van der Waals surface area contributed by atoms with Crippen molar-refractivity contribution in [1.82, 2.24) is 0 Å². The molecule has 0 aliphatic carbocycles. The summed E-state index contributed by atoms with van der Waals surface area (Å²) in [4.78, 5) is 13.1. The van der Waals surface area contributed by atoms with E-state index in [2.05, 4.69) is 6.07 Å². The van der Waals surface area contributed by atoms with E-state index in [4.69, 9.17) is 10.4 Å². The fourth-order valence-electron chi connectivity index (χ4n) is 2.10.